The molecule has 2 aromatic rings. The van der Waals surface area contributed by atoms with Crippen molar-refractivity contribution in [2.75, 3.05) is 17.7 Å². The number of anilines is 2. The van der Waals surface area contributed by atoms with E-state index in [1.807, 2.05) is 58.5 Å². The highest BCUT2D eigenvalue weighted by molar-refractivity contribution is 5.73. The Kier molecular flexibility index (Phi) is 4.17. The van der Waals surface area contributed by atoms with E-state index < -0.39 is 0 Å². The summed E-state index contributed by atoms with van der Waals surface area (Å²) >= 11 is 0. The molecule has 2 N–H and O–H groups in total. The van der Waals surface area contributed by atoms with Gasteiger partial charge in [0.15, 0.2) is 0 Å². The van der Waals surface area contributed by atoms with Crippen LogP contribution >= 0.6 is 0 Å². The Hall–Kier alpha value is -2.17. The minimum Gasteiger partial charge on any atom is -0.489 e. The molecule has 0 unspecified atom stereocenters. The Bertz CT molecular complexity index is 577. The molecule has 1 aromatic heterocycles. The fraction of sp³-hybridized carbons (Fsp3) is 0.400. The third kappa shape index (κ3) is 3.23. The predicted octanol–water partition coefficient (Wildman–Crippen LogP) is 2.43. The van der Waals surface area contributed by atoms with Crippen LogP contribution in [-0.4, -0.2) is 22.9 Å². The molecule has 0 radical (unpaired) electrons. The molecule has 5 nitrogen and oxygen atoms in total. The maximum Gasteiger partial charge on any atom is 0.144 e. The topological polar surface area (TPSA) is 56.3 Å². The van der Waals surface area contributed by atoms with Gasteiger partial charge in [-0.15, -0.1) is 0 Å². The van der Waals surface area contributed by atoms with E-state index in [0.717, 1.165) is 23.5 Å². The van der Waals surface area contributed by atoms with Crippen LogP contribution in [0.3, 0.4) is 0 Å². The standard InChI is InChI=1S/C15H22N4O/c1-11(2)20-14-7-5-6-13(15(14)16)18(3)9-12-8-17-19(4)10-12/h5-8,10-11H,9,16H2,1-4H3. The molecule has 0 saturated heterocycles. The van der Waals surface area contributed by atoms with E-state index in [1.54, 1.807) is 4.68 Å². The lowest BCUT2D eigenvalue weighted by Crippen LogP contribution is -2.18. The molecule has 0 fully saturated rings. The van der Waals surface area contributed by atoms with Crippen molar-refractivity contribution in [1.82, 2.24) is 9.78 Å². The molecule has 108 valence electrons. The maximum atomic E-state index is 6.20. The van der Waals surface area contributed by atoms with E-state index in [0.29, 0.717) is 5.69 Å². The highest BCUT2D eigenvalue weighted by atomic mass is 16.5. The number of rotatable bonds is 5. The largest absolute Gasteiger partial charge is 0.489 e. The lowest BCUT2D eigenvalue weighted by molar-refractivity contribution is 0.244. The zero-order chi connectivity index (χ0) is 14.7. The van der Waals surface area contributed by atoms with Crippen LogP contribution in [0.2, 0.25) is 0 Å². The van der Waals surface area contributed by atoms with Gasteiger partial charge in [0.25, 0.3) is 0 Å². The number of ether oxygens (including phenoxy) is 1. The lowest BCUT2D eigenvalue weighted by atomic mass is 10.2. The van der Waals surface area contributed by atoms with Gasteiger partial charge in [0.1, 0.15) is 5.75 Å². The van der Waals surface area contributed by atoms with Gasteiger partial charge in [-0.05, 0) is 26.0 Å². The first-order valence-corrected chi connectivity index (χ1v) is 6.71. The molecule has 5 heteroatoms. The number of nitrogens with two attached hydrogens (primary N) is 1. The van der Waals surface area contributed by atoms with Crippen molar-refractivity contribution < 1.29 is 4.74 Å². The summed E-state index contributed by atoms with van der Waals surface area (Å²) in [5.74, 6) is 0.732. The van der Waals surface area contributed by atoms with Gasteiger partial charge in [-0.1, -0.05) is 6.07 Å². The summed E-state index contributed by atoms with van der Waals surface area (Å²) in [6, 6.07) is 5.86. The summed E-state index contributed by atoms with van der Waals surface area (Å²) in [7, 11) is 3.92. The summed E-state index contributed by atoms with van der Waals surface area (Å²) in [6.45, 7) is 4.74. The van der Waals surface area contributed by atoms with Crippen LogP contribution in [0.1, 0.15) is 19.4 Å². The van der Waals surface area contributed by atoms with Crippen LogP contribution < -0.4 is 15.4 Å². The Morgan fingerprint density at radius 3 is 2.75 bits per heavy atom. The molecular formula is C15H22N4O. The molecule has 1 aromatic carbocycles. The number of aromatic nitrogens is 2. The van der Waals surface area contributed by atoms with Gasteiger partial charge in [-0.25, -0.2) is 0 Å². The summed E-state index contributed by atoms with van der Waals surface area (Å²) in [5, 5.41) is 4.18. The van der Waals surface area contributed by atoms with Gasteiger partial charge in [0.2, 0.25) is 0 Å². The fourth-order valence-corrected chi connectivity index (χ4v) is 2.13. The van der Waals surface area contributed by atoms with E-state index in [-0.39, 0.29) is 6.10 Å². The second kappa shape index (κ2) is 5.86. The lowest BCUT2D eigenvalue weighted by Gasteiger charge is -2.22. The Labute approximate surface area is 119 Å². The van der Waals surface area contributed by atoms with Crippen LogP contribution in [0.15, 0.2) is 30.6 Å². The Morgan fingerprint density at radius 1 is 1.40 bits per heavy atom. The van der Waals surface area contributed by atoms with Gasteiger partial charge >= 0.3 is 0 Å². The van der Waals surface area contributed by atoms with Crippen LogP contribution in [0.5, 0.6) is 5.75 Å². The number of hydrogen-bond acceptors (Lipinski definition) is 4. The van der Waals surface area contributed by atoms with Crippen molar-refractivity contribution >= 4 is 11.4 Å². The molecule has 0 spiro atoms. The SMILES string of the molecule is CC(C)Oc1cccc(N(C)Cc2cnn(C)c2)c1N. The number of aryl methyl sites for hydroxylation is 1. The Morgan fingerprint density at radius 2 is 2.15 bits per heavy atom. The van der Waals surface area contributed by atoms with Gasteiger partial charge in [-0.3, -0.25) is 4.68 Å². The van der Waals surface area contributed by atoms with Crippen LogP contribution in [0.4, 0.5) is 11.4 Å². The number of para-hydroxylation sites is 1. The fourth-order valence-electron chi connectivity index (χ4n) is 2.13. The molecular weight excluding hydrogens is 252 g/mol. The van der Waals surface area contributed by atoms with Crippen LogP contribution in [0.25, 0.3) is 0 Å². The quantitative estimate of drug-likeness (QED) is 0.851. The van der Waals surface area contributed by atoms with Crippen molar-refractivity contribution in [2.45, 2.75) is 26.5 Å². The van der Waals surface area contributed by atoms with Crippen molar-refractivity contribution in [1.29, 1.82) is 0 Å². The minimum absolute atomic E-state index is 0.108. The minimum atomic E-state index is 0.108. The first-order valence-electron chi connectivity index (χ1n) is 6.71. The zero-order valence-electron chi connectivity index (χ0n) is 12.5. The first-order chi connectivity index (χ1) is 9.47. The number of nitrogen functional groups attached to an aromatic ring is 1. The molecule has 2 rings (SSSR count). The zero-order valence-corrected chi connectivity index (χ0v) is 12.5. The van der Waals surface area contributed by atoms with Gasteiger partial charge in [0.05, 0.1) is 23.7 Å². The molecule has 0 aliphatic carbocycles. The summed E-state index contributed by atoms with van der Waals surface area (Å²) in [5.41, 5.74) is 8.99. The van der Waals surface area contributed by atoms with Crippen molar-refractivity contribution in [2.24, 2.45) is 7.05 Å². The second-order valence-electron chi connectivity index (χ2n) is 5.23. The average Bonchev–Trinajstić information content (AvgIpc) is 2.76. The summed E-state index contributed by atoms with van der Waals surface area (Å²) < 4.78 is 7.52. The van der Waals surface area contributed by atoms with Crippen LogP contribution in [-0.2, 0) is 13.6 Å². The van der Waals surface area contributed by atoms with Gasteiger partial charge in [0, 0.05) is 32.4 Å². The number of hydrogen-bond donors (Lipinski definition) is 1. The van der Waals surface area contributed by atoms with Crippen molar-refractivity contribution in [3.63, 3.8) is 0 Å². The highest BCUT2D eigenvalue weighted by Crippen LogP contribution is 2.32. The molecule has 20 heavy (non-hydrogen) atoms. The first kappa shape index (κ1) is 14.2. The van der Waals surface area contributed by atoms with Gasteiger partial charge < -0.3 is 15.4 Å². The van der Waals surface area contributed by atoms with E-state index in [2.05, 4.69) is 10.00 Å². The highest BCUT2D eigenvalue weighted by Gasteiger charge is 2.12. The maximum absolute atomic E-state index is 6.20. The summed E-state index contributed by atoms with van der Waals surface area (Å²) in [4.78, 5) is 2.10. The molecule has 0 bridgehead atoms. The number of nitrogens with zero attached hydrogens (tertiary/aromatic N) is 3. The third-order valence-electron chi connectivity index (χ3n) is 3.00. The van der Waals surface area contributed by atoms with Crippen LogP contribution in [0, 0.1) is 0 Å². The molecule has 0 atom stereocenters. The van der Waals surface area contributed by atoms with E-state index >= 15 is 0 Å². The molecule has 0 amide bonds. The second-order valence-corrected chi connectivity index (χ2v) is 5.23. The summed E-state index contributed by atoms with van der Waals surface area (Å²) in [6.07, 6.45) is 3.97. The molecule has 0 saturated carbocycles. The van der Waals surface area contributed by atoms with E-state index in [4.69, 9.17) is 10.5 Å². The molecule has 0 aliphatic heterocycles. The third-order valence-corrected chi connectivity index (χ3v) is 3.00. The van der Waals surface area contributed by atoms with E-state index in [1.165, 1.54) is 0 Å². The van der Waals surface area contributed by atoms with E-state index in [9.17, 15) is 0 Å². The van der Waals surface area contributed by atoms with Crippen molar-refractivity contribution in [3.8, 4) is 5.75 Å². The Balaban J connectivity index is 2.19. The van der Waals surface area contributed by atoms with Crippen molar-refractivity contribution in [3.05, 3.63) is 36.2 Å². The van der Waals surface area contributed by atoms with Gasteiger partial charge in [-0.2, -0.15) is 5.10 Å². The monoisotopic (exact) mass is 274 g/mol. The smallest absolute Gasteiger partial charge is 0.144 e. The normalized spacial score (nSPS) is 10.8. The predicted molar refractivity (Wildman–Crippen MR) is 81.9 cm³/mol. The average molecular weight is 274 g/mol. The molecule has 1 heterocycles. The molecule has 0 aliphatic rings. The number of benzene rings is 1.